The van der Waals surface area contributed by atoms with Crippen molar-refractivity contribution in [1.82, 2.24) is 9.55 Å². The standard InChI is InChI=1S/C18H18N2O5S/c1-11-10-14-15(26-11)19-18(23)20(16(14)21)8-3-9-25-13-6-4-12(5-7-13)17(22)24-2/h4-7,10H,3,8-9H2,1-2H3,(H,19,23). The third-order valence-corrected chi connectivity index (χ3v) is 4.83. The van der Waals surface area contributed by atoms with Gasteiger partial charge in [0.15, 0.2) is 0 Å². The van der Waals surface area contributed by atoms with E-state index in [0.29, 0.717) is 34.6 Å². The van der Waals surface area contributed by atoms with Gasteiger partial charge in [-0.05, 0) is 43.7 Å². The molecule has 0 spiro atoms. The molecule has 1 aromatic carbocycles. The Labute approximate surface area is 152 Å². The van der Waals surface area contributed by atoms with E-state index in [2.05, 4.69) is 9.72 Å². The highest BCUT2D eigenvalue weighted by Gasteiger charge is 2.10. The van der Waals surface area contributed by atoms with Crippen molar-refractivity contribution in [2.24, 2.45) is 0 Å². The molecule has 0 aliphatic carbocycles. The van der Waals surface area contributed by atoms with E-state index in [9.17, 15) is 14.4 Å². The zero-order valence-corrected chi connectivity index (χ0v) is 15.2. The van der Waals surface area contributed by atoms with E-state index >= 15 is 0 Å². The Kier molecular flexibility index (Phi) is 5.22. The predicted octanol–water partition coefficient (Wildman–Crippen LogP) is 2.32. The maximum atomic E-state index is 12.4. The Bertz CT molecular complexity index is 1050. The molecule has 1 N–H and O–H groups in total. The van der Waals surface area contributed by atoms with Gasteiger partial charge in [-0.2, -0.15) is 0 Å². The van der Waals surface area contributed by atoms with Gasteiger partial charge >= 0.3 is 11.7 Å². The van der Waals surface area contributed by atoms with Crippen molar-refractivity contribution >= 4 is 27.5 Å². The second kappa shape index (κ2) is 7.57. The molecule has 0 radical (unpaired) electrons. The normalized spacial score (nSPS) is 10.8. The van der Waals surface area contributed by atoms with Gasteiger partial charge in [0.1, 0.15) is 10.6 Å². The van der Waals surface area contributed by atoms with Crippen LogP contribution >= 0.6 is 11.3 Å². The molecule has 0 saturated carbocycles. The fraction of sp³-hybridized carbons (Fsp3) is 0.278. The van der Waals surface area contributed by atoms with Crippen molar-refractivity contribution in [3.05, 3.63) is 61.6 Å². The Balaban J connectivity index is 1.62. The zero-order chi connectivity index (χ0) is 18.7. The first-order valence-corrected chi connectivity index (χ1v) is 8.85. The first-order chi connectivity index (χ1) is 12.5. The summed E-state index contributed by atoms with van der Waals surface area (Å²) in [5.74, 6) is 0.192. The average Bonchev–Trinajstić information content (AvgIpc) is 3.01. The third kappa shape index (κ3) is 3.70. The highest BCUT2D eigenvalue weighted by atomic mass is 32.1. The summed E-state index contributed by atoms with van der Waals surface area (Å²) in [5, 5.41) is 0.534. The van der Waals surface area contributed by atoms with Crippen LogP contribution in [0.2, 0.25) is 0 Å². The maximum absolute atomic E-state index is 12.4. The molecular formula is C18H18N2O5S. The minimum atomic E-state index is -0.410. The number of ether oxygens (including phenoxy) is 2. The SMILES string of the molecule is COC(=O)c1ccc(OCCCn2c(=O)[nH]c3sc(C)cc3c2=O)cc1. The number of fused-ring (bicyclic) bond motifs is 1. The van der Waals surface area contributed by atoms with Gasteiger partial charge in [-0.15, -0.1) is 11.3 Å². The molecule has 0 aliphatic rings. The number of benzene rings is 1. The zero-order valence-electron chi connectivity index (χ0n) is 14.4. The van der Waals surface area contributed by atoms with E-state index in [1.54, 1.807) is 30.3 Å². The Hall–Kier alpha value is -2.87. The van der Waals surface area contributed by atoms with Crippen LogP contribution in [0.3, 0.4) is 0 Å². The molecule has 7 nitrogen and oxygen atoms in total. The number of methoxy groups -OCH3 is 1. The number of hydrogen-bond acceptors (Lipinski definition) is 6. The summed E-state index contributed by atoms with van der Waals surface area (Å²) in [4.78, 5) is 40.2. The molecule has 0 unspecified atom stereocenters. The number of nitrogens with zero attached hydrogens (tertiary/aromatic N) is 1. The summed E-state index contributed by atoms with van der Waals surface area (Å²) in [5.41, 5.74) is -0.250. The lowest BCUT2D eigenvalue weighted by Crippen LogP contribution is -2.35. The van der Waals surface area contributed by atoms with Crippen molar-refractivity contribution < 1.29 is 14.3 Å². The van der Waals surface area contributed by atoms with Gasteiger partial charge in [0.05, 0.1) is 24.7 Å². The van der Waals surface area contributed by atoms with Crippen LogP contribution in [0.4, 0.5) is 0 Å². The number of rotatable bonds is 6. The average molecular weight is 374 g/mol. The molecule has 0 fully saturated rings. The summed E-state index contributed by atoms with van der Waals surface area (Å²) >= 11 is 1.39. The Morgan fingerprint density at radius 1 is 1.23 bits per heavy atom. The van der Waals surface area contributed by atoms with E-state index in [0.717, 1.165) is 4.88 Å². The molecule has 0 aliphatic heterocycles. The Morgan fingerprint density at radius 2 is 1.96 bits per heavy atom. The smallest absolute Gasteiger partial charge is 0.337 e. The molecule has 0 bridgehead atoms. The molecule has 0 saturated heterocycles. The van der Waals surface area contributed by atoms with Gasteiger partial charge in [0.2, 0.25) is 0 Å². The van der Waals surface area contributed by atoms with Crippen LogP contribution in [0.5, 0.6) is 5.75 Å². The van der Waals surface area contributed by atoms with Gasteiger partial charge in [-0.25, -0.2) is 9.59 Å². The minimum absolute atomic E-state index is 0.263. The van der Waals surface area contributed by atoms with Gasteiger partial charge in [0, 0.05) is 11.4 Å². The topological polar surface area (TPSA) is 90.4 Å². The van der Waals surface area contributed by atoms with Crippen LogP contribution in [-0.2, 0) is 11.3 Å². The van der Waals surface area contributed by atoms with Gasteiger partial charge in [-0.3, -0.25) is 14.3 Å². The lowest BCUT2D eigenvalue weighted by Gasteiger charge is -2.08. The number of carbonyl (C=O) groups is 1. The van der Waals surface area contributed by atoms with Crippen LogP contribution in [0.1, 0.15) is 21.7 Å². The molecule has 3 rings (SSSR count). The molecule has 0 amide bonds. The van der Waals surface area contributed by atoms with E-state index in [4.69, 9.17) is 4.74 Å². The lowest BCUT2D eigenvalue weighted by atomic mass is 10.2. The molecule has 0 atom stereocenters. The van der Waals surface area contributed by atoms with Crippen LogP contribution in [0.25, 0.3) is 10.2 Å². The Morgan fingerprint density at radius 3 is 2.65 bits per heavy atom. The van der Waals surface area contributed by atoms with E-state index < -0.39 is 11.7 Å². The second-order valence-corrected chi connectivity index (χ2v) is 6.96. The number of esters is 1. The second-order valence-electron chi connectivity index (χ2n) is 5.70. The largest absolute Gasteiger partial charge is 0.494 e. The summed E-state index contributed by atoms with van der Waals surface area (Å²) in [6.07, 6.45) is 0.496. The van der Waals surface area contributed by atoms with Crippen LogP contribution in [0.15, 0.2) is 39.9 Å². The van der Waals surface area contributed by atoms with Gasteiger partial charge in [0.25, 0.3) is 5.56 Å². The lowest BCUT2D eigenvalue weighted by molar-refractivity contribution is 0.0600. The highest BCUT2D eigenvalue weighted by Crippen LogP contribution is 2.18. The third-order valence-electron chi connectivity index (χ3n) is 3.87. The van der Waals surface area contributed by atoms with Crippen LogP contribution < -0.4 is 16.0 Å². The summed E-state index contributed by atoms with van der Waals surface area (Å²) in [7, 11) is 1.32. The molecule has 8 heteroatoms. The van der Waals surface area contributed by atoms with E-state index in [1.165, 1.54) is 23.0 Å². The van der Waals surface area contributed by atoms with Crippen LogP contribution in [-0.4, -0.2) is 29.2 Å². The number of aromatic nitrogens is 2. The first kappa shape index (κ1) is 17.9. The van der Waals surface area contributed by atoms with Crippen molar-refractivity contribution in [2.75, 3.05) is 13.7 Å². The summed E-state index contributed by atoms with van der Waals surface area (Å²) in [6.45, 7) is 2.50. The van der Waals surface area contributed by atoms with Crippen molar-refractivity contribution in [3.8, 4) is 5.75 Å². The molecule has 136 valence electrons. The number of H-pyrrole nitrogens is 1. The number of hydrogen-bond donors (Lipinski definition) is 1. The number of carbonyl (C=O) groups excluding carboxylic acids is 1. The van der Waals surface area contributed by atoms with E-state index in [-0.39, 0.29) is 12.1 Å². The molecule has 26 heavy (non-hydrogen) atoms. The van der Waals surface area contributed by atoms with Gasteiger partial charge < -0.3 is 9.47 Å². The fourth-order valence-electron chi connectivity index (χ4n) is 2.59. The minimum Gasteiger partial charge on any atom is -0.494 e. The summed E-state index contributed by atoms with van der Waals surface area (Å²) < 4.78 is 11.4. The number of nitrogens with one attached hydrogen (secondary N) is 1. The summed E-state index contributed by atoms with van der Waals surface area (Å²) in [6, 6.07) is 8.36. The van der Waals surface area contributed by atoms with E-state index in [1.807, 2.05) is 6.92 Å². The number of aromatic amines is 1. The van der Waals surface area contributed by atoms with Crippen molar-refractivity contribution in [3.63, 3.8) is 0 Å². The highest BCUT2D eigenvalue weighted by molar-refractivity contribution is 7.18. The van der Waals surface area contributed by atoms with Crippen molar-refractivity contribution in [2.45, 2.75) is 19.9 Å². The molecule has 2 heterocycles. The number of thiophene rings is 1. The van der Waals surface area contributed by atoms with Crippen LogP contribution in [0, 0.1) is 6.92 Å². The quantitative estimate of drug-likeness (QED) is 0.528. The molecular weight excluding hydrogens is 356 g/mol. The van der Waals surface area contributed by atoms with Crippen molar-refractivity contribution in [1.29, 1.82) is 0 Å². The fourth-order valence-corrected chi connectivity index (χ4v) is 3.48. The molecule has 2 aromatic heterocycles. The first-order valence-electron chi connectivity index (χ1n) is 8.04. The molecule has 3 aromatic rings. The monoisotopic (exact) mass is 374 g/mol. The number of aryl methyl sites for hydroxylation is 1. The predicted molar refractivity (Wildman–Crippen MR) is 99.3 cm³/mol. The van der Waals surface area contributed by atoms with Gasteiger partial charge in [-0.1, -0.05) is 0 Å². The maximum Gasteiger partial charge on any atom is 0.337 e.